The molecule has 0 saturated heterocycles. The van der Waals surface area contributed by atoms with Gasteiger partial charge in [0.05, 0.1) is 16.8 Å². The van der Waals surface area contributed by atoms with Gasteiger partial charge in [-0.3, -0.25) is 9.78 Å². The highest BCUT2D eigenvalue weighted by Gasteiger charge is 2.29. The molecular formula is C20H16F3N3O2. The average molecular weight is 387 g/mol. The van der Waals surface area contributed by atoms with Crippen LogP contribution in [0.5, 0.6) is 5.88 Å². The van der Waals surface area contributed by atoms with Gasteiger partial charge in [-0.05, 0) is 32.0 Å². The van der Waals surface area contributed by atoms with E-state index in [0.29, 0.717) is 27.9 Å². The number of pyridine rings is 2. The van der Waals surface area contributed by atoms with Crippen LogP contribution in [-0.4, -0.2) is 34.4 Å². The van der Waals surface area contributed by atoms with Crippen molar-refractivity contribution in [3.8, 4) is 5.88 Å². The lowest BCUT2D eigenvalue weighted by molar-refractivity contribution is -0.154. The zero-order chi connectivity index (χ0) is 20.3. The van der Waals surface area contributed by atoms with Crippen LogP contribution in [-0.2, 0) is 0 Å². The fraction of sp³-hybridized carbons (Fsp3) is 0.200. The average Bonchev–Trinajstić information content (AvgIpc) is 2.65. The highest BCUT2D eigenvalue weighted by molar-refractivity contribution is 6.13. The number of amides is 1. The Labute approximate surface area is 158 Å². The van der Waals surface area contributed by atoms with Crippen molar-refractivity contribution in [2.24, 2.45) is 4.99 Å². The van der Waals surface area contributed by atoms with Crippen molar-refractivity contribution in [1.29, 1.82) is 0 Å². The van der Waals surface area contributed by atoms with Crippen LogP contribution >= 0.6 is 0 Å². The lowest BCUT2D eigenvalue weighted by Crippen LogP contribution is -2.20. The number of aryl methyl sites for hydroxylation is 1. The van der Waals surface area contributed by atoms with E-state index in [0.717, 1.165) is 5.39 Å². The van der Waals surface area contributed by atoms with Gasteiger partial charge < -0.3 is 4.74 Å². The maximum Gasteiger partial charge on any atom is 0.422 e. The Kier molecular flexibility index (Phi) is 5.39. The van der Waals surface area contributed by atoms with Crippen molar-refractivity contribution in [3.63, 3.8) is 0 Å². The number of carbonyl (C=O) groups is 1. The van der Waals surface area contributed by atoms with Crippen molar-refractivity contribution in [2.75, 3.05) is 6.61 Å². The van der Waals surface area contributed by atoms with Gasteiger partial charge in [-0.25, -0.2) is 9.98 Å². The van der Waals surface area contributed by atoms with E-state index in [1.165, 1.54) is 6.20 Å². The third-order valence-electron chi connectivity index (χ3n) is 3.95. The van der Waals surface area contributed by atoms with E-state index >= 15 is 0 Å². The van der Waals surface area contributed by atoms with Gasteiger partial charge in [0.1, 0.15) is 0 Å². The summed E-state index contributed by atoms with van der Waals surface area (Å²) in [5.74, 6) is -0.574. The molecule has 0 saturated carbocycles. The number of aliphatic imine (C=N–C) groups is 1. The normalized spacial score (nSPS) is 12.2. The summed E-state index contributed by atoms with van der Waals surface area (Å²) in [4.78, 5) is 24.9. The Morgan fingerprint density at radius 2 is 1.93 bits per heavy atom. The smallest absolute Gasteiger partial charge is 0.422 e. The number of nitrogens with zero attached hydrogens (tertiary/aromatic N) is 3. The molecule has 1 aromatic carbocycles. The number of benzene rings is 1. The van der Waals surface area contributed by atoms with E-state index in [1.807, 2.05) is 12.1 Å². The van der Waals surface area contributed by atoms with Gasteiger partial charge in [-0.15, -0.1) is 0 Å². The third-order valence-corrected chi connectivity index (χ3v) is 3.95. The first-order chi connectivity index (χ1) is 13.2. The Bertz CT molecular complexity index is 1060. The quantitative estimate of drug-likeness (QED) is 0.617. The van der Waals surface area contributed by atoms with E-state index in [4.69, 9.17) is 0 Å². The van der Waals surface area contributed by atoms with Crippen molar-refractivity contribution in [2.45, 2.75) is 20.0 Å². The molecule has 5 nitrogen and oxygen atoms in total. The number of alkyl halides is 3. The van der Waals surface area contributed by atoms with Crippen molar-refractivity contribution < 1.29 is 22.7 Å². The van der Waals surface area contributed by atoms with Crippen LogP contribution in [0.1, 0.15) is 28.4 Å². The molecule has 144 valence electrons. The van der Waals surface area contributed by atoms with Gasteiger partial charge in [0.25, 0.3) is 5.91 Å². The number of carbonyl (C=O) groups excluding carboxylic acids is 1. The summed E-state index contributed by atoms with van der Waals surface area (Å²) in [5.41, 5.74) is 2.23. The van der Waals surface area contributed by atoms with Crippen LogP contribution in [0.25, 0.3) is 10.9 Å². The predicted octanol–water partition coefficient (Wildman–Crippen LogP) is 4.53. The Hall–Kier alpha value is -3.29. The Balaban J connectivity index is 1.85. The van der Waals surface area contributed by atoms with Crippen LogP contribution in [0.15, 0.2) is 53.8 Å². The van der Waals surface area contributed by atoms with Crippen LogP contribution in [0.2, 0.25) is 0 Å². The predicted molar refractivity (Wildman–Crippen MR) is 98.8 cm³/mol. The van der Waals surface area contributed by atoms with Crippen molar-refractivity contribution in [3.05, 3.63) is 65.5 Å². The van der Waals surface area contributed by atoms with Gasteiger partial charge in [0, 0.05) is 28.9 Å². The van der Waals surface area contributed by atoms with Crippen molar-refractivity contribution >= 4 is 22.5 Å². The summed E-state index contributed by atoms with van der Waals surface area (Å²) in [7, 11) is 0. The van der Waals surface area contributed by atoms with Gasteiger partial charge >= 0.3 is 6.18 Å². The number of rotatable bonds is 4. The molecule has 1 amide bonds. The number of hydrogen-bond donors (Lipinski definition) is 0. The van der Waals surface area contributed by atoms with E-state index < -0.39 is 18.7 Å². The minimum atomic E-state index is -4.44. The molecule has 8 heteroatoms. The second-order valence-electron chi connectivity index (χ2n) is 6.13. The van der Waals surface area contributed by atoms with Crippen LogP contribution < -0.4 is 4.74 Å². The lowest BCUT2D eigenvalue weighted by Gasteiger charge is -2.11. The second-order valence-corrected chi connectivity index (χ2v) is 6.13. The molecular weight excluding hydrogens is 371 g/mol. The Morgan fingerprint density at radius 3 is 2.64 bits per heavy atom. The lowest BCUT2D eigenvalue weighted by atomic mass is 10.1. The summed E-state index contributed by atoms with van der Waals surface area (Å²) < 4.78 is 41.5. The molecule has 2 aromatic heterocycles. The van der Waals surface area contributed by atoms with E-state index in [1.54, 1.807) is 44.3 Å². The zero-order valence-electron chi connectivity index (χ0n) is 15.1. The molecule has 0 fully saturated rings. The minimum absolute atomic E-state index is 0.113. The van der Waals surface area contributed by atoms with Crippen LogP contribution in [0, 0.1) is 6.92 Å². The summed E-state index contributed by atoms with van der Waals surface area (Å²) in [6.45, 7) is 1.79. The maximum atomic E-state index is 12.6. The molecule has 2 heterocycles. The first-order valence-electron chi connectivity index (χ1n) is 8.34. The molecule has 0 N–H and O–H groups in total. The fourth-order valence-corrected chi connectivity index (χ4v) is 2.62. The monoisotopic (exact) mass is 387 g/mol. The zero-order valence-corrected chi connectivity index (χ0v) is 15.1. The van der Waals surface area contributed by atoms with Crippen molar-refractivity contribution in [1.82, 2.24) is 9.97 Å². The van der Waals surface area contributed by atoms with E-state index in [-0.39, 0.29) is 5.88 Å². The Morgan fingerprint density at radius 1 is 1.18 bits per heavy atom. The number of fused-ring (bicyclic) bond motifs is 1. The topological polar surface area (TPSA) is 64.4 Å². The van der Waals surface area contributed by atoms with Gasteiger partial charge in [0.15, 0.2) is 6.61 Å². The number of aromatic nitrogens is 2. The SMILES string of the molecule is CC(=NC(=O)c1cccc2cccnc12)c1cnc(OCC(F)(F)F)c(C)c1. The molecule has 0 spiro atoms. The number of hydrogen-bond acceptors (Lipinski definition) is 4. The third kappa shape index (κ3) is 4.51. The second kappa shape index (κ2) is 7.75. The summed E-state index contributed by atoms with van der Waals surface area (Å²) >= 11 is 0. The highest BCUT2D eigenvalue weighted by Crippen LogP contribution is 2.21. The molecule has 0 unspecified atom stereocenters. The summed E-state index contributed by atoms with van der Waals surface area (Å²) in [5, 5.41) is 0.824. The molecule has 0 radical (unpaired) electrons. The number of ether oxygens (including phenoxy) is 1. The molecule has 0 aliphatic carbocycles. The maximum absolute atomic E-state index is 12.6. The molecule has 0 aliphatic rings. The number of halogens is 3. The van der Waals surface area contributed by atoms with Gasteiger partial charge in [-0.1, -0.05) is 18.2 Å². The van der Waals surface area contributed by atoms with Crippen LogP contribution in [0.4, 0.5) is 13.2 Å². The molecule has 3 aromatic rings. The van der Waals surface area contributed by atoms with Gasteiger partial charge in [-0.2, -0.15) is 13.2 Å². The standard InChI is InChI=1S/C20H16F3N3O2/c1-12-9-15(10-25-19(12)28-11-20(21,22)23)13(2)26-18(27)16-7-3-5-14-6-4-8-24-17(14)16/h3-10H,11H2,1-2H3. The molecule has 3 rings (SSSR count). The number of para-hydroxylation sites is 1. The minimum Gasteiger partial charge on any atom is -0.468 e. The molecule has 0 atom stereocenters. The summed E-state index contributed by atoms with van der Waals surface area (Å²) in [6, 6.07) is 10.5. The van der Waals surface area contributed by atoms with Gasteiger partial charge in [0.2, 0.25) is 5.88 Å². The first kappa shape index (κ1) is 19.5. The van der Waals surface area contributed by atoms with E-state index in [2.05, 4.69) is 19.7 Å². The molecule has 28 heavy (non-hydrogen) atoms. The largest absolute Gasteiger partial charge is 0.468 e. The fourth-order valence-electron chi connectivity index (χ4n) is 2.62. The van der Waals surface area contributed by atoms with Crippen LogP contribution in [0.3, 0.4) is 0 Å². The van der Waals surface area contributed by atoms with E-state index in [9.17, 15) is 18.0 Å². The molecule has 0 aliphatic heterocycles. The summed E-state index contributed by atoms with van der Waals surface area (Å²) in [6.07, 6.45) is -1.52. The molecule has 0 bridgehead atoms. The first-order valence-corrected chi connectivity index (χ1v) is 8.34. The highest BCUT2D eigenvalue weighted by atomic mass is 19.4.